The number of anilines is 1. The Hall–Kier alpha value is -4.35. The molecular weight excluding hydrogens is 410 g/mol. The van der Waals surface area contributed by atoms with Crippen LogP contribution in [0, 0.1) is 0 Å². The largest absolute Gasteiger partial charge is 0.496 e. The molecule has 12 heteroatoms. The first kappa shape index (κ1) is 21.4. The van der Waals surface area contributed by atoms with Crippen LogP contribution in [0.1, 0.15) is 10.4 Å². The van der Waals surface area contributed by atoms with E-state index in [1.54, 1.807) is 18.2 Å². The maximum Gasteiger partial charge on any atom is 0.377 e. The van der Waals surface area contributed by atoms with Crippen molar-refractivity contribution in [1.82, 2.24) is 19.8 Å². The molecule has 0 radical (unpaired) electrons. The highest BCUT2D eigenvalue weighted by molar-refractivity contribution is 5.95. The number of carbonyl (C=O) groups excluding carboxylic acids is 1. The van der Waals surface area contributed by atoms with Crippen molar-refractivity contribution in [2.45, 2.75) is 0 Å². The van der Waals surface area contributed by atoms with Crippen LogP contribution in [0.15, 0.2) is 41.2 Å². The number of nitrogens with zero attached hydrogens (tertiary/aromatic N) is 5. The summed E-state index contributed by atoms with van der Waals surface area (Å²) in [7, 11) is 5.54. The van der Waals surface area contributed by atoms with Crippen LogP contribution in [0.4, 0.5) is 10.5 Å². The van der Waals surface area contributed by atoms with Crippen molar-refractivity contribution >= 4 is 17.7 Å². The second kappa shape index (κ2) is 8.57. The van der Waals surface area contributed by atoms with Gasteiger partial charge < -0.3 is 19.3 Å². The lowest BCUT2D eigenvalue weighted by Gasteiger charge is -2.17. The quantitative estimate of drug-likeness (QED) is 0.574. The molecule has 0 aliphatic rings. The number of para-hydroxylation sites is 1. The average molecular weight is 429 g/mol. The van der Waals surface area contributed by atoms with Crippen LogP contribution in [-0.2, 0) is 0 Å². The van der Waals surface area contributed by atoms with E-state index in [1.807, 2.05) is 0 Å². The second-order valence-corrected chi connectivity index (χ2v) is 6.13. The Morgan fingerprint density at radius 3 is 2.13 bits per heavy atom. The Morgan fingerprint density at radius 2 is 1.58 bits per heavy atom. The molecule has 1 aromatic heterocycles. The summed E-state index contributed by atoms with van der Waals surface area (Å²) in [5.74, 6) is -0.534. The van der Waals surface area contributed by atoms with Crippen molar-refractivity contribution in [3.63, 3.8) is 0 Å². The summed E-state index contributed by atoms with van der Waals surface area (Å²) in [6.07, 6.45) is 0. The molecule has 0 spiro atoms. The molecular formula is C19H19N5O7. The minimum atomic E-state index is -1.18. The summed E-state index contributed by atoms with van der Waals surface area (Å²) >= 11 is 0. The van der Waals surface area contributed by atoms with Gasteiger partial charge in [0.2, 0.25) is 0 Å². The number of aromatic nitrogens is 4. The van der Waals surface area contributed by atoms with Gasteiger partial charge in [-0.05, 0) is 34.7 Å². The Bertz CT molecular complexity index is 1180. The molecule has 12 nitrogen and oxygen atoms in total. The van der Waals surface area contributed by atoms with Gasteiger partial charge in [0, 0.05) is 18.8 Å². The molecule has 0 aliphatic carbocycles. The molecule has 3 rings (SSSR count). The number of amides is 1. The number of benzene rings is 2. The first-order valence-electron chi connectivity index (χ1n) is 8.79. The molecule has 2 aromatic carbocycles. The molecule has 3 aromatic rings. The van der Waals surface area contributed by atoms with E-state index >= 15 is 0 Å². The molecule has 1 amide bonds. The number of ether oxygens (including phenoxy) is 3. The van der Waals surface area contributed by atoms with E-state index in [1.165, 1.54) is 46.6 Å². The fraction of sp³-hybridized carbons (Fsp3) is 0.211. The molecule has 0 atom stereocenters. The monoisotopic (exact) mass is 429 g/mol. The fourth-order valence-electron chi connectivity index (χ4n) is 2.86. The number of hydrogen-bond donors (Lipinski definition) is 1. The number of rotatable bonds is 6. The standard InChI is InChI=1S/C19H19N5O7/c1-22(11-8-9-12(17(25)26)15(10-11)31-4)18(27)24-19(28)23(20-21-24)16-13(29-2)6-5-7-14(16)30-3/h5-10H,1-4H3,(H,25,26). The van der Waals surface area contributed by atoms with Crippen molar-refractivity contribution in [2.24, 2.45) is 0 Å². The smallest absolute Gasteiger partial charge is 0.377 e. The highest BCUT2D eigenvalue weighted by Gasteiger charge is 2.24. The van der Waals surface area contributed by atoms with Crippen molar-refractivity contribution < 1.29 is 28.9 Å². The molecule has 0 bridgehead atoms. The van der Waals surface area contributed by atoms with E-state index in [-0.39, 0.29) is 22.7 Å². The van der Waals surface area contributed by atoms with E-state index in [2.05, 4.69) is 10.4 Å². The van der Waals surface area contributed by atoms with Crippen LogP contribution in [0.2, 0.25) is 0 Å². The van der Waals surface area contributed by atoms with E-state index in [4.69, 9.17) is 14.2 Å². The lowest BCUT2D eigenvalue weighted by molar-refractivity contribution is 0.0693. The average Bonchev–Trinajstić information content (AvgIpc) is 3.17. The lowest BCUT2D eigenvalue weighted by atomic mass is 10.1. The summed E-state index contributed by atoms with van der Waals surface area (Å²) in [5, 5.41) is 16.6. The van der Waals surface area contributed by atoms with Gasteiger partial charge in [0.25, 0.3) is 0 Å². The minimum absolute atomic E-state index is 0.0550. The summed E-state index contributed by atoms with van der Waals surface area (Å²) < 4.78 is 17.0. The maximum absolute atomic E-state index is 12.9. The zero-order valence-corrected chi connectivity index (χ0v) is 17.1. The van der Waals surface area contributed by atoms with E-state index in [0.29, 0.717) is 16.2 Å². The van der Waals surface area contributed by atoms with Crippen LogP contribution in [0.25, 0.3) is 5.69 Å². The molecule has 162 valence electrons. The van der Waals surface area contributed by atoms with Crippen LogP contribution in [0.3, 0.4) is 0 Å². The minimum Gasteiger partial charge on any atom is -0.496 e. The molecule has 0 saturated carbocycles. The third kappa shape index (κ3) is 3.77. The van der Waals surface area contributed by atoms with Crippen LogP contribution in [-0.4, -0.2) is 65.3 Å². The number of hydrogen-bond acceptors (Lipinski definition) is 8. The molecule has 0 saturated heterocycles. The summed E-state index contributed by atoms with van der Waals surface area (Å²) in [5.41, 5.74) is -0.456. The van der Waals surface area contributed by atoms with Gasteiger partial charge in [-0.3, -0.25) is 4.90 Å². The fourth-order valence-corrected chi connectivity index (χ4v) is 2.86. The Balaban J connectivity index is 2.01. The predicted molar refractivity (Wildman–Crippen MR) is 108 cm³/mol. The van der Waals surface area contributed by atoms with E-state index in [9.17, 15) is 19.5 Å². The van der Waals surface area contributed by atoms with Crippen molar-refractivity contribution in [2.75, 3.05) is 33.3 Å². The SMILES string of the molecule is COc1cc(N(C)C(=O)n2nnn(-c3c(OC)cccc3OC)c2=O)ccc1C(=O)O. The molecule has 0 unspecified atom stereocenters. The maximum atomic E-state index is 12.9. The molecule has 1 N–H and O–H groups in total. The number of carboxylic acids is 1. The van der Waals surface area contributed by atoms with E-state index in [0.717, 1.165) is 9.58 Å². The first-order valence-corrected chi connectivity index (χ1v) is 8.79. The summed E-state index contributed by atoms with van der Waals surface area (Å²) in [6.45, 7) is 0. The highest BCUT2D eigenvalue weighted by Crippen LogP contribution is 2.30. The molecule has 0 aliphatic heterocycles. The van der Waals surface area contributed by atoms with Crippen molar-refractivity contribution in [1.29, 1.82) is 0 Å². The third-order valence-electron chi connectivity index (χ3n) is 4.47. The molecule has 1 heterocycles. The van der Waals surface area contributed by atoms with Gasteiger partial charge in [-0.25, -0.2) is 14.4 Å². The van der Waals surface area contributed by atoms with Gasteiger partial charge >= 0.3 is 17.7 Å². The van der Waals surface area contributed by atoms with Gasteiger partial charge in [-0.2, -0.15) is 4.68 Å². The number of carbonyl (C=O) groups is 2. The zero-order chi connectivity index (χ0) is 22.7. The van der Waals surface area contributed by atoms with Crippen LogP contribution >= 0.6 is 0 Å². The number of carboxylic acid groups (broad SMARTS) is 1. The van der Waals surface area contributed by atoms with Gasteiger partial charge in [0.1, 0.15) is 22.8 Å². The lowest BCUT2D eigenvalue weighted by Crippen LogP contribution is -2.39. The van der Waals surface area contributed by atoms with E-state index < -0.39 is 17.7 Å². The molecule has 0 fully saturated rings. The van der Waals surface area contributed by atoms with Crippen molar-refractivity contribution in [3.8, 4) is 22.9 Å². The molecule has 31 heavy (non-hydrogen) atoms. The normalized spacial score (nSPS) is 10.5. The Morgan fingerprint density at radius 1 is 0.968 bits per heavy atom. The zero-order valence-electron chi connectivity index (χ0n) is 17.1. The first-order chi connectivity index (χ1) is 14.8. The predicted octanol–water partition coefficient (Wildman–Crippen LogP) is 1.26. The summed E-state index contributed by atoms with van der Waals surface area (Å²) in [6, 6.07) is 8.11. The van der Waals surface area contributed by atoms with Crippen molar-refractivity contribution in [3.05, 3.63) is 52.4 Å². The van der Waals surface area contributed by atoms with Gasteiger partial charge in [0.05, 0.1) is 21.3 Å². The van der Waals surface area contributed by atoms with Gasteiger partial charge in [-0.1, -0.05) is 6.07 Å². The van der Waals surface area contributed by atoms with Gasteiger partial charge in [0.15, 0.2) is 5.69 Å². The highest BCUT2D eigenvalue weighted by atomic mass is 16.5. The van der Waals surface area contributed by atoms with Crippen LogP contribution < -0.4 is 24.8 Å². The summed E-state index contributed by atoms with van der Waals surface area (Å²) in [4.78, 5) is 38.1. The number of aromatic carboxylic acids is 1. The Labute approximate surface area is 175 Å². The second-order valence-electron chi connectivity index (χ2n) is 6.13. The number of methoxy groups -OCH3 is 3. The third-order valence-corrected chi connectivity index (χ3v) is 4.47. The number of tetrazole rings is 1. The van der Waals surface area contributed by atoms with Crippen LogP contribution in [0.5, 0.6) is 17.2 Å². The topological polar surface area (TPSA) is 138 Å². The van der Waals surface area contributed by atoms with Gasteiger partial charge in [-0.15, -0.1) is 4.68 Å². The Kier molecular flexibility index (Phi) is 5.90.